The van der Waals surface area contributed by atoms with Gasteiger partial charge < -0.3 is 5.32 Å². The van der Waals surface area contributed by atoms with Crippen LogP contribution in [0.3, 0.4) is 0 Å². The van der Waals surface area contributed by atoms with Crippen molar-refractivity contribution in [2.75, 3.05) is 19.8 Å². The lowest BCUT2D eigenvalue weighted by molar-refractivity contribution is 0.206. The van der Waals surface area contributed by atoms with Crippen LogP contribution in [-0.2, 0) is 0 Å². The van der Waals surface area contributed by atoms with Crippen molar-refractivity contribution in [3.8, 4) is 0 Å². The van der Waals surface area contributed by atoms with Gasteiger partial charge in [-0.1, -0.05) is 13.8 Å². The topological polar surface area (TPSA) is 15.3 Å². The monoisotopic (exact) mass is 158 g/mol. The summed E-state index contributed by atoms with van der Waals surface area (Å²) in [6.45, 7) is 12.1. The molecule has 2 nitrogen and oxygen atoms in total. The second-order valence-electron chi connectivity index (χ2n) is 3.17. The van der Waals surface area contributed by atoms with Crippen molar-refractivity contribution in [2.45, 2.75) is 40.2 Å². The van der Waals surface area contributed by atoms with Crippen molar-refractivity contribution in [1.29, 1.82) is 0 Å². The molecular weight excluding hydrogens is 136 g/mol. The number of hydrogen-bond donors (Lipinski definition) is 1. The van der Waals surface area contributed by atoms with E-state index in [4.69, 9.17) is 0 Å². The smallest absolute Gasteiger partial charge is 0.0482 e. The molecule has 0 saturated heterocycles. The summed E-state index contributed by atoms with van der Waals surface area (Å²) < 4.78 is 0. The van der Waals surface area contributed by atoms with Crippen molar-refractivity contribution in [1.82, 2.24) is 10.2 Å². The van der Waals surface area contributed by atoms with Gasteiger partial charge in [0.15, 0.2) is 0 Å². The SMILES string of the molecule is CCCN(CNCC)C(C)C. The fraction of sp³-hybridized carbons (Fsp3) is 1.00. The highest BCUT2D eigenvalue weighted by molar-refractivity contribution is 4.59. The molecule has 0 heterocycles. The van der Waals surface area contributed by atoms with Crippen molar-refractivity contribution >= 4 is 0 Å². The van der Waals surface area contributed by atoms with Gasteiger partial charge in [0, 0.05) is 12.7 Å². The third kappa shape index (κ3) is 5.22. The van der Waals surface area contributed by atoms with E-state index >= 15 is 0 Å². The predicted molar refractivity (Wildman–Crippen MR) is 50.7 cm³/mol. The van der Waals surface area contributed by atoms with Gasteiger partial charge in [-0.25, -0.2) is 0 Å². The largest absolute Gasteiger partial charge is 0.305 e. The van der Waals surface area contributed by atoms with Crippen LogP contribution in [0.15, 0.2) is 0 Å². The normalized spacial score (nSPS) is 11.5. The molecule has 0 aromatic carbocycles. The van der Waals surface area contributed by atoms with E-state index in [0.717, 1.165) is 13.2 Å². The maximum absolute atomic E-state index is 3.34. The Labute approximate surface area is 71.0 Å². The summed E-state index contributed by atoms with van der Waals surface area (Å²) in [4.78, 5) is 2.45. The zero-order valence-electron chi connectivity index (χ0n) is 8.35. The van der Waals surface area contributed by atoms with E-state index in [1.807, 2.05) is 0 Å². The van der Waals surface area contributed by atoms with Gasteiger partial charge in [0.25, 0.3) is 0 Å². The summed E-state index contributed by atoms with van der Waals surface area (Å²) in [6.07, 6.45) is 1.24. The zero-order valence-corrected chi connectivity index (χ0v) is 8.35. The van der Waals surface area contributed by atoms with Crippen LogP contribution < -0.4 is 5.32 Å². The number of nitrogens with one attached hydrogen (secondary N) is 1. The minimum atomic E-state index is 0.661. The summed E-state index contributed by atoms with van der Waals surface area (Å²) in [5, 5.41) is 3.34. The Balaban J connectivity index is 3.51. The Morgan fingerprint density at radius 2 is 1.91 bits per heavy atom. The lowest BCUT2D eigenvalue weighted by atomic mass is 10.3. The number of rotatable bonds is 6. The molecule has 1 N–H and O–H groups in total. The van der Waals surface area contributed by atoms with E-state index in [1.165, 1.54) is 13.0 Å². The molecule has 68 valence electrons. The van der Waals surface area contributed by atoms with Gasteiger partial charge >= 0.3 is 0 Å². The molecule has 0 saturated carbocycles. The highest BCUT2D eigenvalue weighted by Crippen LogP contribution is 1.96. The van der Waals surface area contributed by atoms with Crippen LogP contribution in [0, 0.1) is 0 Å². The Hall–Kier alpha value is -0.0800. The van der Waals surface area contributed by atoms with Crippen LogP contribution in [0.4, 0.5) is 0 Å². The van der Waals surface area contributed by atoms with Crippen molar-refractivity contribution in [2.24, 2.45) is 0 Å². The third-order valence-corrected chi connectivity index (χ3v) is 1.81. The Bertz CT molecular complexity index is 81.6. The number of hydrogen-bond acceptors (Lipinski definition) is 2. The van der Waals surface area contributed by atoms with E-state index in [1.54, 1.807) is 0 Å². The minimum Gasteiger partial charge on any atom is -0.305 e. The molecule has 0 unspecified atom stereocenters. The number of nitrogens with zero attached hydrogens (tertiary/aromatic N) is 1. The molecule has 0 radical (unpaired) electrons. The van der Waals surface area contributed by atoms with Gasteiger partial charge in [-0.2, -0.15) is 0 Å². The van der Waals surface area contributed by atoms with Crippen molar-refractivity contribution in [3.05, 3.63) is 0 Å². The molecular formula is C9H22N2. The van der Waals surface area contributed by atoms with E-state index in [2.05, 4.69) is 37.9 Å². The molecule has 0 fully saturated rings. The Kier molecular flexibility index (Phi) is 6.57. The molecule has 0 amide bonds. The first kappa shape index (κ1) is 10.9. The highest BCUT2D eigenvalue weighted by atomic mass is 15.2. The van der Waals surface area contributed by atoms with Crippen LogP contribution in [-0.4, -0.2) is 30.7 Å². The molecule has 0 rings (SSSR count). The van der Waals surface area contributed by atoms with Crippen LogP contribution in [0.2, 0.25) is 0 Å². The van der Waals surface area contributed by atoms with Gasteiger partial charge in [0.05, 0.1) is 0 Å². The van der Waals surface area contributed by atoms with Crippen LogP contribution in [0.25, 0.3) is 0 Å². The average molecular weight is 158 g/mol. The van der Waals surface area contributed by atoms with Crippen molar-refractivity contribution < 1.29 is 0 Å². The van der Waals surface area contributed by atoms with Crippen LogP contribution in [0.5, 0.6) is 0 Å². The average Bonchev–Trinajstić information content (AvgIpc) is 1.97. The summed E-state index contributed by atoms with van der Waals surface area (Å²) in [7, 11) is 0. The van der Waals surface area contributed by atoms with E-state index < -0.39 is 0 Å². The van der Waals surface area contributed by atoms with Crippen LogP contribution >= 0.6 is 0 Å². The van der Waals surface area contributed by atoms with Gasteiger partial charge in [-0.3, -0.25) is 4.90 Å². The lowest BCUT2D eigenvalue weighted by Gasteiger charge is -2.25. The molecule has 0 atom stereocenters. The highest BCUT2D eigenvalue weighted by Gasteiger charge is 2.05. The summed E-state index contributed by atoms with van der Waals surface area (Å²) in [5.74, 6) is 0. The van der Waals surface area contributed by atoms with E-state index in [0.29, 0.717) is 6.04 Å². The minimum absolute atomic E-state index is 0.661. The molecule has 0 aromatic heterocycles. The third-order valence-electron chi connectivity index (χ3n) is 1.81. The molecule has 0 spiro atoms. The summed E-state index contributed by atoms with van der Waals surface area (Å²) >= 11 is 0. The summed E-state index contributed by atoms with van der Waals surface area (Å²) in [6, 6.07) is 0.661. The first-order valence-corrected chi connectivity index (χ1v) is 4.67. The molecule has 2 heteroatoms. The maximum atomic E-state index is 3.34. The van der Waals surface area contributed by atoms with Gasteiger partial charge in [-0.05, 0) is 33.4 Å². The molecule has 0 aromatic rings. The lowest BCUT2D eigenvalue weighted by Crippen LogP contribution is -2.39. The fourth-order valence-corrected chi connectivity index (χ4v) is 1.06. The van der Waals surface area contributed by atoms with Crippen molar-refractivity contribution in [3.63, 3.8) is 0 Å². The second-order valence-corrected chi connectivity index (χ2v) is 3.17. The zero-order chi connectivity index (χ0) is 8.69. The Morgan fingerprint density at radius 3 is 2.27 bits per heavy atom. The maximum Gasteiger partial charge on any atom is 0.0482 e. The van der Waals surface area contributed by atoms with Gasteiger partial charge in [0.2, 0.25) is 0 Å². The molecule has 0 aliphatic rings. The van der Waals surface area contributed by atoms with Crippen LogP contribution in [0.1, 0.15) is 34.1 Å². The van der Waals surface area contributed by atoms with E-state index in [-0.39, 0.29) is 0 Å². The van der Waals surface area contributed by atoms with Gasteiger partial charge in [-0.15, -0.1) is 0 Å². The van der Waals surface area contributed by atoms with E-state index in [9.17, 15) is 0 Å². The Morgan fingerprint density at radius 1 is 1.27 bits per heavy atom. The molecule has 0 aliphatic heterocycles. The first-order chi connectivity index (χ1) is 5.22. The standard InChI is InChI=1S/C9H22N2/c1-5-7-11(9(3)4)8-10-6-2/h9-10H,5-8H2,1-4H3. The summed E-state index contributed by atoms with van der Waals surface area (Å²) in [5.41, 5.74) is 0. The second kappa shape index (κ2) is 6.62. The van der Waals surface area contributed by atoms with Gasteiger partial charge in [0.1, 0.15) is 0 Å². The predicted octanol–water partition coefficient (Wildman–Crippen LogP) is 1.67. The quantitative estimate of drug-likeness (QED) is 0.592. The molecule has 0 aliphatic carbocycles. The molecule has 0 bridgehead atoms. The first-order valence-electron chi connectivity index (χ1n) is 4.67. The fourth-order valence-electron chi connectivity index (χ4n) is 1.06. The molecule has 11 heavy (non-hydrogen) atoms.